The van der Waals surface area contributed by atoms with Crippen LogP contribution in [0.1, 0.15) is 50.0 Å². The quantitative estimate of drug-likeness (QED) is 0.736. The number of hydrogen-bond acceptors (Lipinski definition) is 3. The van der Waals surface area contributed by atoms with Gasteiger partial charge in [0.05, 0.1) is 12.2 Å². The molecule has 1 aromatic heterocycles. The summed E-state index contributed by atoms with van der Waals surface area (Å²) in [5.74, 6) is 0.990. The van der Waals surface area contributed by atoms with Crippen molar-refractivity contribution in [3.63, 3.8) is 0 Å². The molecular weight excluding hydrogens is 200 g/mol. The summed E-state index contributed by atoms with van der Waals surface area (Å²) < 4.78 is 5.27. The molecule has 1 saturated carbocycles. The van der Waals surface area contributed by atoms with Gasteiger partial charge in [0.15, 0.2) is 5.76 Å². The van der Waals surface area contributed by atoms with E-state index < -0.39 is 0 Å². The zero-order valence-corrected chi connectivity index (χ0v) is 10.4. The predicted molar refractivity (Wildman–Crippen MR) is 64.2 cm³/mol. The van der Waals surface area contributed by atoms with Crippen LogP contribution in [-0.2, 0) is 6.54 Å². The Morgan fingerprint density at radius 1 is 1.31 bits per heavy atom. The van der Waals surface area contributed by atoms with Crippen LogP contribution in [-0.4, -0.2) is 23.1 Å². The average molecular weight is 222 g/mol. The van der Waals surface area contributed by atoms with Crippen molar-refractivity contribution in [1.29, 1.82) is 0 Å². The SMILES string of the molecule is Cc1cc(CN(C)C2CCCCCC2)on1. The summed E-state index contributed by atoms with van der Waals surface area (Å²) >= 11 is 0. The van der Waals surface area contributed by atoms with Crippen LogP contribution < -0.4 is 0 Å². The highest BCUT2D eigenvalue weighted by Gasteiger charge is 2.18. The van der Waals surface area contributed by atoms with E-state index in [0.29, 0.717) is 0 Å². The molecule has 1 fully saturated rings. The topological polar surface area (TPSA) is 29.3 Å². The Morgan fingerprint density at radius 2 is 2.00 bits per heavy atom. The second-order valence-corrected chi connectivity index (χ2v) is 5.00. The van der Waals surface area contributed by atoms with Crippen LogP contribution in [0.5, 0.6) is 0 Å². The summed E-state index contributed by atoms with van der Waals surface area (Å²) in [7, 11) is 2.20. The van der Waals surface area contributed by atoms with Gasteiger partial charge in [-0.1, -0.05) is 30.8 Å². The summed E-state index contributed by atoms with van der Waals surface area (Å²) in [5, 5.41) is 3.93. The van der Waals surface area contributed by atoms with E-state index in [1.165, 1.54) is 38.5 Å². The molecule has 1 aromatic rings. The van der Waals surface area contributed by atoms with Crippen molar-refractivity contribution in [3.05, 3.63) is 17.5 Å². The Kier molecular flexibility index (Phi) is 3.99. The first-order valence-corrected chi connectivity index (χ1v) is 6.38. The van der Waals surface area contributed by atoms with E-state index in [4.69, 9.17) is 4.52 Å². The molecule has 0 unspecified atom stereocenters. The molecule has 16 heavy (non-hydrogen) atoms. The minimum absolute atomic E-state index is 0.730. The van der Waals surface area contributed by atoms with Crippen molar-refractivity contribution in [3.8, 4) is 0 Å². The molecule has 1 heterocycles. The third kappa shape index (κ3) is 3.08. The van der Waals surface area contributed by atoms with Crippen LogP contribution >= 0.6 is 0 Å². The average Bonchev–Trinajstić information content (AvgIpc) is 2.56. The maximum absolute atomic E-state index is 5.27. The van der Waals surface area contributed by atoms with Gasteiger partial charge in [-0.2, -0.15) is 0 Å². The first-order chi connectivity index (χ1) is 7.75. The van der Waals surface area contributed by atoms with Crippen molar-refractivity contribution < 1.29 is 4.52 Å². The molecule has 0 aliphatic heterocycles. The number of aromatic nitrogens is 1. The van der Waals surface area contributed by atoms with E-state index in [9.17, 15) is 0 Å². The molecule has 3 nitrogen and oxygen atoms in total. The molecule has 0 aromatic carbocycles. The molecule has 2 rings (SSSR count). The largest absolute Gasteiger partial charge is 0.360 e. The highest BCUT2D eigenvalue weighted by Crippen LogP contribution is 2.22. The van der Waals surface area contributed by atoms with Crippen LogP contribution in [0.3, 0.4) is 0 Å². The maximum Gasteiger partial charge on any atom is 0.150 e. The highest BCUT2D eigenvalue weighted by molar-refractivity contribution is 5.02. The van der Waals surface area contributed by atoms with Gasteiger partial charge < -0.3 is 4.52 Å². The molecule has 90 valence electrons. The molecule has 0 saturated heterocycles. The molecule has 3 heteroatoms. The zero-order valence-electron chi connectivity index (χ0n) is 10.4. The Balaban J connectivity index is 1.88. The van der Waals surface area contributed by atoms with E-state index in [2.05, 4.69) is 17.1 Å². The lowest BCUT2D eigenvalue weighted by Gasteiger charge is -2.25. The second kappa shape index (κ2) is 5.48. The normalized spacial score (nSPS) is 18.9. The maximum atomic E-state index is 5.27. The standard InChI is InChI=1S/C13H22N2O/c1-11-9-13(16-14-11)10-15(2)12-7-5-3-4-6-8-12/h9,12H,3-8,10H2,1-2H3. The summed E-state index contributed by atoms with van der Waals surface area (Å²) in [5.41, 5.74) is 0.976. The van der Waals surface area contributed by atoms with Crippen molar-refractivity contribution in [2.24, 2.45) is 0 Å². The van der Waals surface area contributed by atoms with E-state index in [-0.39, 0.29) is 0 Å². The molecule has 0 N–H and O–H groups in total. The van der Waals surface area contributed by atoms with Gasteiger partial charge in [0.2, 0.25) is 0 Å². The van der Waals surface area contributed by atoms with Gasteiger partial charge in [-0.05, 0) is 26.8 Å². The van der Waals surface area contributed by atoms with Gasteiger partial charge in [0.25, 0.3) is 0 Å². The van der Waals surface area contributed by atoms with Crippen molar-refractivity contribution in [2.45, 2.75) is 58.0 Å². The fourth-order valence-corrected chi connectivity index (χ4v) is 2.56. The van der Waals surface area contributed by atoms with Gasteiger partial charge in [0, 0.05) is 12.1 Å². The molecule has 0 atom stereocenters. The number of rotatable bonds is 3. The van der Waals surface area contributed by atoms with Crippen molar-refractivity contribution in [2.75, 3.05) is 7.05 Å². The molecular formula is C13H22N2O. The Labute approximate surface area is 97.8 Å². The predicted octanol–water partition coefficient (Wildman–Crippen LogP) is 3.14. The number of hydrogen-bond donors (Lipinski definition) is 0. The molecule has 0 radical (unpaired) electrons. The number of aryl methyl sites for hydroxylation is 1. The van der Waals surface area contributed by atoms with Crippen molar-refractivity contribution in [1.82, 2.24) is 10.1 Å². The van der Waals surface area contributed by atoms with E-state index >= 15 is 0 Å². The first-order valence-electron chi connectivity index (χ1n) is 6.38. The molecule has 0 spiro atoms. The molecule has 0 bridgehead atoms. The fraction of sp³-hybridized carbons (Fsp3) is 0.769. The highest BCUT2D eigenvalue weighted by atomic mass is 16.5. The van der Waals surface area contributed by atoms with Crippen LogP contribution in [0.25, 0.3) is 0 Å². The van der Waals surface area contributed by atoms with Gasteiger partial charge >= 0.3 is 0 Å². The minimum Gasteiger partial charge on any atom is -0.360 e. The summed E-state index contributed by atoms with van der Waals surface area (Å²) in [4.78, 5) is 2.42. The lowest BCUT2D eigenvalue weighted by molar-refractivity contribution is 0.190. The van der Waals surface area contributed by atoms with Crippen LogP contribution in [0.15, 0.2) is 10.6 Å². The lowest BCUT2D eigenvalue weighted by Crippen LogP contribution is -2.30. The van der Waals surface area contributed by atoms with Crippen molar-refractivity contribution >= 4 is 0 Å². The Morgan fingerprint density at radius 3 is 2.56 bits per heavy atom. The van der Waals surface area contributed by atoms with Gasteiger partial charge in [-0.15, -0.1) is 0 Å². The summed E-state index contributed by atoms with van der Waals surface area (Å²) in [6.07, 6.45) is 8.25. The Hall–Kier alpha value is -0.830. The zero-order chi connectivity index (χ0) is 11.4. The van der Waals surface area contributed by atoms with E-state index in [1.807, 2.05) is 13.0 Å². The lowest BCUT2D eigenvalue weighted by atomic mass is 10.1. The molecule has 0 amide bonds. The fourth-order valence-electron chi connectivity index (χ4n) is 2.56. The monoisotopic (exact) mass is 222 g/mol. The second-order valence-electron chi connectivity index (χ2n) is 5.00. The number of nitrogens with zero attached hydrogens (tertiary/aromatic N) is 2. The van der Waals surface area contributed by atoms with Crippen LogP contribution in [0, 0.1) is 6.92 Å². The molecule has 1 aliphatic carbocycles. The van der Waals surface area contributed by atoms with Gasteiger partial charge in [-0.25, -0.2) is 0 Å². The summed E-state index contributed by atoms with van der Waals surface area (Å²) in [6, 6.07) is 2.76. The third-order valence-electron chi connectivity index (χ3n) is 3.53. The third-order valence-corrected chi connectivity index (χ3v) is 3.53. The van der Waals surface area contributed by atoms with Gasteiger partial charge in [-0.3, -0.25) is 4.90 Å². The van der Waals surface area contributed by atoms with Crippen LogP contribution in [0.2, 0.25) is 0 Å². The Bertz CT molecular complexity index is 313. The van der Waals surface area contributed by atoms with Crippen LogP contribution in [0.4, 0.5) is 0 Å². The first kappa shape index (κ1) is 11.6. The smallest absolute Gasteiger partial charge is 0.150 e. The molecule has 1 aliphatic rings. The van der Waals surface area contributed by atoms with Gasteiger partial charge in [0.1, 0.15) is 0 Å². The summed E-state index contributed by atoms with van der Waals surface area (Å²) in [6.45, 7) is 2.87. The minimum atomic E-state index is 0.730. The van der Waals surface area contributed by atoms with E-state index in [0.717, 1.165) is 24.0 Å². The van der Waals surface area contributed by atoms with E-state index in [1.54, 1.807) is 0 Å².